The largest absolute Gasteiger partial charge is 0.348 e. The van der Waals surface area contributed by atoms with E-state index >= 15 is 0 Å². The van der Waals surface area contributed by atoms with Crippen molar-refractivity contribution in [3.63, 3.8) is 0 Å². The number of nitrogens with zero attached hydrogens (tertiary/aromatic N) is 3. The Morgan fingerprint density at radius 2 is 1.96 bits per heavy atom. The summed E-state index contributed by atoms with van der Waals surface area (Å²) >= 11 is 0. The third-order valence-corrected chi connectivity index (χ3v) is 4.96. The van der Waals surface area contributed by atoms with Crippen LogP contribution in [-0.4, -0.2) is 32.5 Å². The minimum Gasteiger partial charge on any atom is -0.348 e. The first kappa shape index (κ1) is 15.6. The predicted octanol–water partition coefficient (Wildman–Crippen LogP) is 3.53. The molecule has 134 valence electrons. The Labute approximate surface area is 155 Å². The molecule has 4 aromatic rings. The van der Waals surface area contributed by atoms with E-state index in [1.165, 1.54) is 0 Å². The Balaban J connectivity index is 1.48. The van der Waals surface area contributed by atoms with Crippen LogP contribution in [0.1, 0.15) is 17.4 Å². The molecule has 0 spiro atoms. The molecule has 27 heavy (non-hydrogen) atoms. The van der Waals surface area contributed by atoms with Crippen molar-refractivity contribution in [3.8, 4) is 11.3 Å². The number of anilines is 1. The number of hydrogen-bond acceptors (Lipinski definition) is 3. The molecule has 0 radical (unpaired) electrons. The van der Waals surface area contributed by atoms with Gasteiger partial charge in [-0.1, -0.05) is 24.3 Å². The van der Waals surface area contributed by atoms with Crippen LogP contribution in [0.15, 0.2) is 55.0 Å². The fourth-order valence-corrected chi connectivity index (χ4v) is 3.58. The standard InChI is InChI=1S/C20H18N6O/c1-12-21-9-18(25-12)13-2-4-14(5-3-13)19-10-22-20(27)26(19)15-6-7-16-17(8-15)24-11-23-16/h2-9,11,19H,10H2,1H3,(H,21,25)(H,22,27)(H,23,24). The van der Waals surface area contributed by atoms with Gasteiger partial charge in [-0.3, -0.25) is 4.90 Å². The van der Waals surface area contributed by atoms with Gasteiger partial charge < -0.3 is 15.3 Å². The SMILES string of the molecule is Cc1nc(-c2ccc(C3CNC(=O)N3c3ccc4[nH]cnc4c3)cc2)c[nH]1. The van der Waals surface area contributed by atoms with Crippen LogP contribution >= 0.6 is 0 Å². The van der Waals surface area contributed by atoms with Gasteiger partial charge in [0.25, 0.3) is 0 Å². The number of aromatic amines is 2. The number of nitrogens with one attached hydrogen (secondary N) is 3. The molecule has 3 N–H and O–H groups in total. The summed E-state index contributed by atoms with van der Waals surface area (Å²) in [7, 11) is 0. The number of rotatable bonds is 3. The van der Waals surface area contributed by atoms with Crippen LogP contribution in [0.3, 0.4) is 0 Å². The van der Waals surface area contributed by atoms with Gasteiger partial charge in [0, 0.05) is 24.0 Å². The van der Waals surface area contributed by atoms with Gasteiger partial charge in [0.05, 0.1) is 29.1 Å². The molecule has 1 saturated heterocycles. The van der Waals surface area contributed by atoms with E-state index < -0.39 is 0 Å². The van der Waals surface area contributed by atoms with Gasteiger partial charge in [0.15, 0.2) is 0 Å². The lowest BCUT2D eigenvalue weighted by Crippen LogP contribution is -2.29. The lowest BCUT2D eigenvalue weighted by atomic mass is 10.0. The van der Waals surface area contributed by atoms with Crippen molar-refractivity contribution in [1.82, 2.24) is 25.3 Å². The Morgan fingerprint density at radius 3 is 2.74 bits per heavy atom. The predicted molar refractivity (Wildman–Crippen MR) is 103 cm³/mol. The molecule has 2 amide bonds. The van der Waals surface area contributed by atoms with Crippen LogP contribution in [0, 0.1) is 6.92 Å². The average Bonchev–Trinajstić information content (AvgIpc) is 3.41. The molecule has 0 aliphatic carbocycles. The number of aryl methyl sites for hydroxylation is 1. The van der Waals surface area contributed by atoms with Gasteiger partial charge in [-0.15, -0.1) is 0 Å². The molecule has 3 heterocycles. The summed E-state index contributed by atoms with van der Waals surface area (Å²) in [6.07, 6.45) is 3.56. The van der Waals surface area contributed by atoms with E-state index in [0.29, 0.717) is 6.54 Å². The second-order valence-electron chi connectivity index (χ2n) is 6.67. The Morgan fingerprint density at radius 1 is 1.11 bits per heavy atom. The number of benzene rings is 2. The third kappa shape index (κ3) is 2.64. The maximum Gasteiger partial charge on any atom is 0.322 e. The molecule has 0 bridgehead atoms. The Kier molecular flexibility index (Phi) is 3.46. The lowest BCUT2D eigenvalue weighted by Gasteiger charge is -2.23. The van der Waals surface area contributed by atoms with Crippen LogP contribution in [0.25, 0.3) is 22.3 Å². The molecule has 5 rings (SSSR count). The molecular formula is C20H18N6O. The number of hydrogen-bond donors (Lipinski definition) is 3. The molecule has 1 atom stereocenters. The number of carbonyl (C=O) groups excluding carboxylic acids is 1. The van der Waals surface area contributed by atoms with Gasteiger partial charge in [-0.2, -0.15) is 0 Å². The zero-order valence-corrected chi connectivity index (χ0v) is 14.7. The van der Waals surface area contributed by atoms with Gasteiger partial charge in [-0.25, -0.2) is 14.8 Å². The van der Waals surface area contributed by atoms with Gasteiger partial charge in [0.1, 0.15) is 5.82 Å². The Bertz CT molecular complexity index is 1130. The monoisotopic (exact) mass is 358 g/mol. The number of amides is 2. The number of H-pyrrole nitrogens is 2. The highest BCUT2D eigenvalue weighted by atomic mass is 16.2. The van der Waals surface area contributed by atoms with Crippen molar-refractivity contribution in [2.75, 3.05) is 11.4 Å². The highest BCUT2D eigenvalue weighted by molar-refractivity contribution is 5.97. The van der Waals surface area contributed by atoms with E-state index in [1.54, 1.807) is 11.2 Å². The van der Waals surface area contributed by atoms with Crippen molar-refractivity contribution >= 4 is 22.8 Å². The van der Waals surface area contributed by atoms with Crippen LogP contribution in [-0.2, 0) is 0 Å². The number of aromatic nitrogens is 4. The number of fused-ring (bicyclic) bond motifs is 1. The van der Waals surface area contributed by atoms with E-state index in [-0.39, 0.29) is 12.1 Å². The van der Waals surface area contributed by atoms with E-state index in [9.17, 15) is 4.79 Å². The zero-order valence-electron chi connectivity index (χ0n) is 14.7. The first-order valence-electron chi connectivity index (χ1n) is 8.81. The van der Waals surface area contributed by atoms with Gasteiger partial charge in [0.2, 0.25) is 0 Å². The maximum absolute atomic E-state index is 12.5. The normalized spacial score (nSPS) is 16.9. The molecule has 7 heteroatoms. The van der Waals surface area contributed by atoms with Crippen molar-refractivity contribution in [2.45, 2.75) is 13.0 Å². The number of urea groups is 1. The highest BCUT2D eigenvalue weighted by Crippen LogP contribution is 2.32. The molecule has 1 fully saturated rings. The average molecular weight is 358 g/mol. The molecule has 7 nitrogen and oxygen atoms in total. The summed E-state index contributed by atoms with van der Waals surface area (Å²) in [4.78, 5) is 29.2. The van der Waals surface area contributed by atoms with E-state index in [0.717, 1.165) is 39.4 Å². The summed E-state index contributed by atoms with van der Waals surface area (Å²) in [5.74, 6) is 0.889. The molecule has 1 aliphatic heterocycles. The Hall–Kier alpha value is -3.61. The summed E-state index contributed by atoms with van der Waals surface area (Å²) < 4.78 is 0. The van der Waals surface area contributed by atoms with E-state index in [1.807, 2.05) is 43.5 Å². The summed E-state index contributed by atoms with van der Waals surface area (Å²) in [5, 5.41) is 2.95. The van der Waals surface area contributed by atoms with Crippen molar-refractivity contribution in [2.24, 2.45) is 0 Å². The van der Waals surface area contributed by atoms with Gasteiger partial charge >= 0.3 is 6.03 Å². The molecular weight excluding hydrogens is 340 g/mol. The topological polar surface area (TPSA) is 89.7 Å². The fourth-order valence-electron chi connectivity index (χ4n) is 3.58. The molecule has 2 aromatic heterocycles. The van der Waals surface area contributed by atoms with E-state index in [2.05, 4.69) is 37.4 Å². The number of carbonyl (C=O) groups is 1. The minimum atomic E-state index is -0.0955. The zero-order chi connectivity index (χ0) is 18.4. The third-order valence-electron chi connectivity index (χ3n) is 4.96. The van der Waals surface area contributed by atoms with Crippen LogP contribution in [0.4, 0.5) is 10.5 Å². The molecule has 0 saturated carbocycles. The first-order chi connectivity index (χ1) is 13.2. The molecule has 2 aromatic carbocycles. The second kappa shape index (κ2) is 5.98. The first-order valence-corrected chi connectivity index (χ1v) is 8.81. The van der Waals surface area contributed by atoms with Gasteiger partial charge in [-0.05, 0) is 30.7 Å². The lowest BCUT2D eigenvalue weighted by molar-refractivity contribution is 0.251. The highest BCUT2D eigenvalue weighted by Gasteiger charge is 2.33. The van der Waals surface area contributed by atoms with E-state index in [4.69, 9.17) is 0 Å². The van der Waals surface area contributed by atoms with Crippen LogP contribution < -0.4 is 10.2 Å². The smallest absolute Gasteiger partial charge is 0.322 e. The van der Waals surface area contributed by atoms with Crippen molar-refractivity contribution in [1.29, 1.82) is 0 Å². The minimum absolute atomic E-state index is 0.0659. The van der Waals surface area contributed by atoms with Crippen LogP contribution in [0.2, 0.25) is 0 Å². The summed E-state index contributed by atoms with van der Waals surface area (Å²) in [6.45, 7) is 2.50. The van der Waals surface area contributed by atoms with Crippen molar-refractivity contribution in [3.05, 3.63) is 66.4 Å². The maximum atomic E-state index is 12.5. The fraction of sp³-hybridized carbons (Fsp3) is 0.150. The molecule has 1 aliphatic rings. The summed E-state index contributed by atoms with van der Waals surface area (Å²) in [6, 6.07) is 13.9. The summed E-state index contributed by atoms with van der Waals surface area (Å²) in [5.41, 5.74) is 5.67. The molecule has 1 unspecified atom stereocenters. The van der Waals surface area contributed by atoms with Crippen molar-refractivity contribution < 1.29 is 4.79 Å². The second-order valence-corrected chi connectivity index (χ2v) is 6.67. The van der Waals surface area contributed by atoms with Crippen LogP contribution in [0.5, 0.6) is 0 Å². The quantitative estimate of drug-likeness (QED) is 0.523. The number of imidazole rings is 2.